The highest BCUT2D eigenvalue weighted by Crippen LogP contribution is 2.18. The van der Waals surface area contributed by atoms with Gasteiger partial charge in [-0.1, -0.05) is 30.3 Å². The molecule has 0 aromatic heterocycles. The highest BCUT2D eigenvalue weighted by atomic mass is 16.5. The summed E-state index contributed by atoms with van der Waals surface area (Å²) < 4.78 is 5.43. The maximum absolute atomic E-state index is 9.54. The second kappa shape index (κ2) is 9.57. The Morgan fingerprint density at radius 2 is 2.00 bits per heavy atom. The standard InChI is InChI=1S/C20H27N3O2/c1-4-21-20(22-13-12-16-8-7-10-18(24)14-16)23(2)15-17-9-5-6-11-19(17)25-3/h5-11,14,24H,4,12-13,15H2,1-3H3,(H,21,22). The van der Waals surface area contributed by atoms with E-state index in [2.05, 4.69) is 23.2 Å². The number of benzene rings is 2. The van der Waals surface area contributed by atoms with Crippen LogP contribution in [0.2, 0.25) is 0 Å². The van der Waals surface area contributed by atoms with Crippen LogP contribution in [0.1, 0.15) is 18.1 Å². The quantitative estimate of drug-likeness (QED) is 0.600. The highest BCUT2D eigenvalue weighted by Gasteiger charge is 2.09. The smallest absolute Gasteiger partial charge is 0.193 e. The molecule has 0 saturated heterocycles. The van der Waals surface area contributed by atoms with Gasteiger partial charge in [-0.05, 0) is 37.1 Å². The predicted molar refractivity (Wildman–Crippen MR) is 102 cm³/mol. The lowest BCUT2D eigenvalue weighted by atomic mass is 10.1. The van der Waals surface area contributed by atoms with E-state index in [0.717, 1.165) is 35.8 Å². The van der Waals surface area contributed by atoms with Gasteiger partial charge in [0.25, 0.3) is 0 Å². The monoisotopic (exact) mass is 341 g/mol. The highest BCUT2D eigenvalue weighted by molar-refractivity contribution is 5.79. The Morgan fingerprint density at radius 1 is 1.20 bits per heavy atom. The second-order valence-electron chi connectivity index (χ2n) is 5.82. The summed E-state index contributed by atoms with van der Waals surface area (Å²) in [6.45, 7) is 4.23. The zero-order chi connectivity index (χ0) is 18.1. The van der Waals surface area contributed by atoms with E-state index >= 15 is 0 Å². The summed E-state index contributed by atoms with van der Waals surface area (Å²) in [6.07, 6.45) is 0.784. The molecule has 134 valence electrons. The number of nitrogens with zero attached hydrogens (tertiary/aromatic N) is 2. The SMILES string of the molecule is CCNC(=NCCc1cccc(O)c1)N(C)Cc1ccccc1OC. The van der Waals surface area contributed by atoms with Crippen LogP contribution in [0, 0.1) is 0 Å². The third-order valence-corrected chi connectivity index (χ3v) is 3.87. The minimum Gasteiger partial charge on any atom is -0.508 e. The van der Waals surface area contributed by atoms with Gasteiger partial charge in [0, 0.05) is 32.2 Å². The molecule has 0 aliphatic rings. The summed E-state index contributed by atoms with van der Waals surface area (Å²) in [5.74, 6) is 2.03. The second-order valence-corrected chi connectivity index (χ2v) is 5.82. The molecule has 2 aromatic carbocycles. The molecule has 0 fully saturated rings. The first-order chi connectivity index (χ1) is 12.1. The third-order valence-electron chi connectivity index (χ3n) is 3.87. The minimum atomic E-state index is 0.293. The van der Waals surface area contributed by atoms with Crippen molar-refractivity contribution in [1.82, 2.24) is 10.2 Å². The van der Waals surface area contributed by atoms with E-state index in [9.17, 15) is 5.11 Å². The van der Waals surface area contributed by atoms with E-state index in [1.54, 1.807) is 19.2 Å². The van der Waals surface area contributed by atoms with Gasteiger partial charge < -0.3 is 20.1 Å². The Kier molecular flexibility index (Phi) is 7.14. The molecule has 0 aliphatic heterocycles. The van der Waals surface area contributed by atoms with Crippen LogP contribution in [0.15, 0.2) is 53.5 Å². The van der Waals surface area contributed by atoms with Crippen LogP contribution in [-0.2, 0) is 13.0 Å². The van der Waals surface area contributed by atoms with Crippen molar-refractivity contribution in [2.45, 2.75) is 19.9 Å². The molecular formula is C20H27N3O2. The van der Waals surface area contributed by atoms with Crippen molar-refractivity contribution in [1.29, 1.82) is 0 Å². The van der Waals surface area contributed by atoms with Crippen molar-refractivity contribution in [3.05, 3.63) is 59.7 Å². The first-order valence-corrected chi connectivity index (χ1v) is 8.53. The van der Waals surface area contributed by atoms with Crippen LogP contribution in [0.5, 0.6) is 11.5 Å². The average Bonchev–Trinajstić information content (AvgIpc) is 2.61. The van der Waals surface area contributed by atoms with E-state index in [1.165, 1.54) is 0 Å². The van der Waals surface area contributed by atoms with E-state index < -0.39 is 0 Å². The van der Waals surface area contributed by atoms with E-state index in [-0.39, 0.29) is 0 Å². The number of rotatable bonds is 7. The maximum atomic E-state index is 9.54. The molecule has 0 spiro atoms. The maximum Gasteiger partial charge on any atom is 0.193 e. The summed E-state index contributed by atoms with van der Waals surface area (Å²) in [7, 11) is 3.70. The summed E-state index contributed by atoms with van der Waals surface area (Å²) in [4.78, 5) is 6.79. The predicted octanol–water partition coefficient (Wildman–Crippen LogP) is 3.04. The molecule has 0 saturated carbocycles. The number of hydrogen-bond donors (Lipinski definition) is 2. The molecule has 25 heavy (non-hydrogen) atoms. The topological polar surface area (TPSA) is 57.1 Å². The fourth-order valence-electron chi connectivity index (χ4n) is 2.64. The van der Waals surface area contributed by atoms with E-state index in [1.807, 2.05) is 37.4 Å². The number of methoxy groups -OCH3 is 1. The van der Waals surface area contributed by atoms with Crippen molar-refractivity contribution in [2.75, 3.05) is 27.2 Å². The fraction of sp³-hybridized carbons (Fsp3) is 0.350. The lowest BCUT2D eigenvalue weighted by Crippen LogP contribution is -2.38. The van der Waals surface area contributed by atoms with Crippen molar-refractivity contribution in [3.63, 3.8) is 0 Å². The molecule has 0 radical (unpaired) electrons. The number of hydrogen-bond acceptors (Lipinski definition) is 3. The summed E-state index contributed by atoms with van der Waals surface area (Å²) in [5, 5.41) is 12.9. The van der Waals surface area contributed by atoms with Crippen LogP contribution in [-0.4, -0.2) is 43.2 Å². The number of aromatic hydroxyl groups is 1. The molecule has 0 atom stereocenters. The Balaban J connectivity index is 2.02. The number of ether oxygens (including phenoxy) is 1. The number of guanidine groups is 1. The van der Waals surface area contributed by atoms with Crippen LogP contribution < -0.4 is 10.1 Å². The largest absolute Gasteiger partial charge is 0.508 e. The fourth-order valence-corrected chi connectivity index (χ4v) is 2.64. The molecule has 0 unspecified atom stereocenters. The number of phenols is 1. The van der Waals surface area contributed by atoms with Gasteiger partial charge in [0.2, 0.25) is 0 Å². The van der Waals surface area contributed by atoms with Crippen molar-refractivity contribution in [2.24, 2.45) is 4.99 Å². The van der Waals surface area contributed by atoms with Gasteiger partial charge in [-0.15, -0.1) is 0 Å². The zero-order valence-electron chi connectivity index (χ0n) is 15.2. The molecule has 2 N–H and O–H groups in total. The van der Waals surface area contributed by atoms with Crippen LogP contribution in [0.25, 0.3) is 0 Å². The van der Waals surface area contributed by atoms with Crippen LogP contribution >= 0.6 is 0 Å². The van der Waals surface area contributed by atoms with Crippen molar-refractivity contribution >= 4 is 5.96 Å². The summed E-state index contributed by atoms with van der Waals surface area (Å²) in [6, 6.07) is 15.3. The first-order valence-electron chi connectivity index (χ1n) is 8.53. The molecule has 2 aromatic rings. The van der Waals surface area contributed by atoms with Crippen LogP contribution in [0.4, 0.5) is 0 Å². The Morgan fingerprint density at radius 3 is 2.72 bits per heavy atom. The van der Waals surface area contributed by atoms with Gasteiger partial charge in [-0.3, -0.25) is 4.99 Å². The number of nitrogens with one attached hydrogen (secondary N) is 1. The van der Waals surface area contributed by atoms with Gasteiger partial charge in [-0.2, -0.15) is 0 Å². The Hall–Kier alpha value is -2.69. The zero-order valence-corrected chi connectivity index (χ0v) is 15.2. The molecule has 0 heterocycles. The molecule has 5 heteroatoms. The van der Waals surface area contributed by atoms with Crippen molar-refractivity contribution < 1.29 is 9.84 Å². The third kappa shape index (κ3) is 5.71. The normalized spacial score (nSPS) is 11.2. The molecule has 0 aliphatic carbocycles. The minimum absolute atomic E-state index is 0.293. The number of phenolic OH excluding ortho intramolecular Hbond substituents is 1. The lowest BCUT2D eigenvalue weighted by Gasteiger charge is -2.23. The lowest BCUT2D eigenvalue weighted by molar-refractivity contribution is 0.396. The van der Waals surface area contributed by atoms with Gasteiger partial charge in [0.1, 0.15) is 11.5 Å². The average molecular weight is 341 g/mol. The van der Waals surface area contributed by atoms with Gasteiger partial charge in [0.05, 0.1) is 7.11 Å². The van der Waals surface area contributed by atoms with Gasteiger partial charge >= 0.3 is 0 Å². The van der Waals surface area contributed by atoms with E-state index in [4.69, 9.17) is 9.73 Å². The van der Waals surface area contributed by atoms with Gasteiger partial charge in [-0.25, -0.2) is 0 Å². The molecule has 2 rings (SSSR count). The summed E-state index contributed by atoms with van der Waals surface area (Å²) >= 11 is 0. The van der Waals surface area contributed by atoms with Crippen LogP contribution in [0.3, 0.4) is 0 Å². The number of aliphatic imine (C=N–C) groups is 1. The summed E-state index contributed by atoms with van der Waals surface area (Å²) in [5.41, 5.74) is 2.19. The first kappa shape index (κ1) is 18.6. The van der Waals surface area contributed by atoms with Crippen molar-refractivity contribution in [3.8, 4) is 11.5 Å². The Labute approximate surface area is 150 Å². The van der Waals surface area contributed by atoms with Gasteiger partial charge in [0.15, 0.2) is 5.96 Å². The molecule has 0 bridgehead atoms. The molecule has 0 amide bonds. The van der Waals surface area contributed by atoms with E-state index in [0.29, 0.717) is 18.8 Å². The number of para-hydroxylation sites is 1. The molecule has 5 nitrogen and oxygen atoms in total. The Bertz CT molecular complexity index is 701. The molecular weight excluding hydrogens is 314 g/mol.